The summed E-state index contributed by atoms with van der Waals surface area (Å²) in [5, 5.41) is 2.07. The zero-order valence-electron chi connectivity index (χ0n) is 7.29. The molecule has 0 saturated carbocycles. The Hall–Kier alpha value is -0.340. The van der Waals surface area contributed by atoms with Gasteiger partial charge in [0, 0.05) is 10.4 Å². The Kier molecular flexibility index (Phi) is 2.35. The van der Waals surface area contributed by atoms with Crippen molar-refractivity contribution in [2.24, 2.45) is 11.7 Å². The van der Waals surface area contributed by atoms with E-state index in [1.54, 1.807) is 11.3 Å². The van der Waals surface area contributed by atoms with E-state index >= 15 is 0 Å². The molecule has 0 aliphatic carbocycles. The summed E-state index contributed by atoms with van der Waals surface area (Å²) in [7, 11) is 0. The van der Waals surface area contributed by atoms with Crippen molar-refractivity contribution in [3.05, 3.63) is 22.4 Å². The van der Waals surface area contributed by atoms with E-state index < -0.39 is 0 Å². The van der Waals surface area contributed by atoms with Gasteiger partial charge in [-0.25, -0.2) is 0 Å². The predicted molar refractivity (Wildman–Crippen MR) is 50.7 cm³/mol. The van der Waals surface area contributed by atoms with E-state index in [9.17, 15) is 0 Å². The summed E-state index contributed by atoms with van der Waals surface area (Å²) >= 11 is 1.73. The van der Waals surface area contributed by atoms with Gasteiger partial charge in [-0.2, -0.15) is 0 Å². The van der Waals surface area contributed by atoms with Crippen LogP contribution < -0.4 is 5.73 Å². The normalized spacial score (nSPS) is 16.8. The summed E-state index contributed by atoms with van der Waals surface area (Å²) < 4.78 is 0. The van der Waals surface area contributed by atoms with E-state index in [4.69, 9.17) is 5.73 Å². The summed E-state index contributed by atoms with van der Waals surface area (Å²) in [6, 6.07) is 4.15. The molecule has 0 saturated heterocycles. The smallest absolute Gasteiger partial charge is 0.0498 e. The average molecular weight is 169 g/mol. The van der Waals surface area contributed by atoms with Crippen LogP contribution in [0, 0.1) is 5.92 Å². The third-order valence-corrected chi connectivity index (χ3v) is 3.37. The first kappa shape index (κ1) is 8.75. The van der Waals surface area contributed by atoms with Gasteiger partial charge in [-0.1, -0.05) is 19.9 Å². The molecule has 0 fully saturated rings. The lowest BCUT2D eigenvalue weighted by molar-refractivity contribution is 0.357. The minimum atomic E-state index is -0.159. The van der Waals surface area contributed by atoms with Gasteiger partial charge in [0.1, 0.15) is 0 Å². The van der Waals surface area contributed by atoms with E-state index in [1.165, 1.54) is 4.88 Å². The summed E-state index contributed by atoms with van der Waals surface area (Å²) in [5.74, 6) is 0.487. The molecule has 0 amide bonds. The molecule has 0 aliphatic rings. The van der Waals surface area contributed by atoms with Crippen LogP contribution in [-0.4, -0.2) is 0 Å². The number of rotatable bonds is 2. The highest BCUT2D eigenvalue weighted by atomic mass is 32.1. The lowest BCUT2D eigenvalue weighted by Gasteiger charge is -2.27. The lowest BCUT2D eigenvalue weighted by Crippen LogP contribution is -2.37. The molecular weight excluding hydrogens is 154 g/mol. The van der Waals surface area contributed by atoms with Crippen LogP contribution in [0.5, 0.6) is 0 Å². The number of hydrogen-bond acceptors (Lipinski definition) is 2. The highest BCUT2D eigenvalue weighted by Crippen LogP contribution is 2.29. The second-order valence-electron chi connectivity index (χ2n) is 3.41. The Morgan fingerprint density at radius 3 is 2.55 bits per heavy atom. The summed E-state index contributed by atoms with van der Waals surface area (Å²) in [4.78, 5) is 1.27. The van der Waals surface area contributed by atoms with Crippen LogP contribution in [-0.2, 0) is 5.54 Å². The predicted octanol–water partition coefficient (Wildman–Crippen LogP) is 2.58. The van der Waals surface area contributed by atoms with Gasteiger partial charge in [-0.15, -0.1) is 11.3 Å². The quantitative estimate of drug-likeness (QED) is 0.723. The van der Waals surface area contributed by atoms with Gasteiger partial charge < -0.3 is 5.73 Å². The Balaban J connectivity index is 2.90. The molecule has 62 valence electrons. The summed E-state index contributed by atoms with van der Waals surface area (Å²) in [6.07, 6.45) is 0. The van der Waals surface area contributed by atoms with E-state index in [1.807, 2.05) is 6.07 Å². The van der Waals surface area contributed by atoms with Crippen LogP contribution in [0.4, 0.5) is 0 Å². The van der Waals surface area contributed by atoms with Crippen molar-refractivity contribution in [3.63, 3.8) is 0 Å². The molecular formula is C9H15NS. The van der Waals surface area contributed by atoms with E-state index in [0.29, 0.717) is 5.92 Å². The molecule has 1 aromatic rings. The first-order valence-corrected chi connectivity index (χ1v) is 4.76. The maximum atomic E-state index is 6.14. The second kappa shape index (κ2) is 2.95. The molecule has 2 N–H and O–H groups in total. The standard InChI is InChI=1S/C9H15NS/c1-7(2)9(3,10)8-5-4-6-11-8/h4-7H,10H2,1-3H3. The number of hydrogen-bond donors (Lipinski definition) is 1. The van der Waals surface area contributed by atoms with Gasteiger partial charge in [0.2, 0.25) is 0 Å². The van der Waals surface area contributed by atoms with Gasteiger partial charge in [-0.05, 0) is 24.3 Å². The largest absolute Gasteiger partial charge is 0.321 e. The molecule has 1 heterocycles. The monoisotopic (exact) mass is 169 g/mol. The second-order valence-corrected chi connectivity index (χ2v) is 4.36. The highest BCUT2D eigenvalue weighted by Gasteiger charge is 2.25. The number of thiophene rings is 1. The van der Waals surface area contributed by atoms with Crippen LogP contribution in [0.25, 0.3) is 0 Å². The Bertz CT molecular complexity index is 211. The van der Waals surface area contributed by atoms with Gasteiger partial charge in [0.25, 0.3) is 0 Å². The van der Waals surface area contributed by atoms with Gasteiger partial charge in [0.15, 0.2) is 0 Å². The van der Waals surface area contributed by atoms with Crippen molar-refractivity contribution in [3.8, 4) is 0 Å². The van der Waals surface area contributed by atoms with Crippen molar-refractivity contribution < 1.29 is 0 Å². The zero-order valence-corrected chi connectivity index (χ0v) is 8.11. The minimum absolute atomic E-state index is 0.159. The average Bonchev–Trinajstić information content (AvgIpc) is 2.37. The van der Waals surface area contributed by atoms with Crippen molar-refractivity contribution >= 4 is 11.3 Å². The maximum absolute atomic E-state index is 6.14. The fraction of sp³-hybridized carbons (Fsp3) is 0.556. The topological polar surface area (TPSA) is 26.0 Å². The first-order chi connectivity index (χ1) is 5.05. The van der Waals surface area contributed by atoms with E-state index in [-0.39, 0.29) is 5.54 Å². The molecule has 1 rings (SSSR count). The molecule has 1 unspecified atom stereocenters. The molecule has 2 heteroatoms. The fourth-order valence-corrected chi connectivity index (χ4v) is 1.82. The Morgan fingerprint density at radius 2 is 2.18 bits per heavy atom. The van der Waals surface area contributed by atoms with Crippen molar-refractivity contribution in [2.75, 3.05) is 0 Å². The number of nitrogens with two attached hydrogens (primary N) is 1. The zero-order chi connectivity index (χ0) is 8.48. The third-order valence-electron chi connectivity index (χ3n) is 2.25. The summed E-state index contributed by atoms with van der Waals surface area (Å²) in [5.41, 5.74) is 5.98. The van der Waals surface area contributed by atoms with E-state index in [0.717, 1.165) is 0 Å². The lowest BCUT2D eigenvalue weighted by atomic mass is 9.88. The molecule has 1 nitrogen and oxygen atoms in total. The van der Waals surface area contributed by atoms with E-state index in [2.05, 4.69) is 32.2 Å². The van der Waals surface area contributed by atoms with Gasteiger partial charge in [0.05, 0.1) is 0 Å². The highest BCUT2D eigenvalue weighted by molar-refractivity contribution is 7.10. The van der Waals surface area contributed by atoms with Crippen molar-refractivity contribution in [1.82, 2.24) is 0 Å². The van der Waals surface area contributed by atoms with Crippen LogP contribution in [0.3, 0.4) is 0 Å². The van der Waals surface area contributed by atoms with Crippen LogP contribution in [0.2, 0.25) is 0 Å². The van der Waals surface area contributed by atoms with Crippen molar-refractivity contribution in [1.29, 1.82) is 0 Å². The first-order valence-electron chi connectivity index (χ1n) is 3.88. The Morgan fingerprint density at radius 1 is 1.55 bits per heavy atom. The molecule has 1 aromatic heterocycles. The molecule has 0 bridgehead atoms. The minimum Gasteiger partial charge on any atom is -0.321 e. The molecule has 0 radical (unpaired) electrons. The SMILES string of the molecule is CC(C)C(C)(N)c1cccs1. The summed E-state index contributed by atoms with van der Waals surface area (Å²) in [6.45, 7) is 6.39. The molecule has 11 heavy (non-hydrogen) atoms. The third kappa shape index (κ3) is 1.63. The molecule has 0 aromatic carbocycles. The van der Waals surface area contributed by atoms with Crippen LogP contribution in [0.1, 0.15) is 25.6 Å². The van der Waals surface area contributed by atoms with Gasteiger partial charge in [-0.3, -0.25) is 0 Å². The van der Waals surface area contributed by atoms with Crippen molar-refractivity contribution in [2.45, 2.75) is 26.3 Å². The van der Waals surface area contributed by atoms with Crippen LogP contribution in [0.15, 0.2) is 17.5 Å². The molecule has 0 aliphatic heterocycles. The van der Waals surface area contributed by atoms with Crippen LogP contribution >= 0.6 is 11.3 Å². The van der Waals surface area contributed by atoms with Gasteiger partial charge >= 0.3 is 0 Å². The molecule has 1 atom stereocenters. The Labute approximate surface area is 72.2 Å². The fourth-order valence-electron chi connectivity index (χ4n) is 0.870. The molecule has 0 spiro atoms. The maximum Gasteiger partial charge on any atom is 0.0498 e.